The zero-order valence-electron chi connectivity index (χ0n) is 17.2. The highest BCUT2D eigenvalue weighted by Gasteiger charge is 2.45. The van der Waals surface area contributed by atoms with Crippen molar-refractivity contribution in [3.63, 3.8) is 0 Å². The third kappa shape index (κ3) is 3.90. The number of aliphatic hydroxyl groups excluding tert-OH is 1. The molecule has 0 saturated heterocycles. The Hall–Kier alpha value is -2.71. The molecule has 1 aliphatic rings. The van der Waals surface area contributed by atoms with Crippen LogP contribution in [0.1, 0.15) is 32.0 Å². The summed E-state index contributed by atoms with van der Waals surface area (Å²) in [6, 6.07) is 6.52. The molecular formula is C21H25N3O4S. The molecule has 0 spiro atoms. The lowest BCUT2D eigenvalue weighted by atomic mass is 9.94. The Morgan fingerprint density at radius 3 is 2.59 bits per heavy atom. The highest BCUT2D eigenvalue weighted by atomic mass is 32.1. The molecule has 3 rings (SSSR count). The summed E-state index contributed by atoms with van der Waals surface area (Å²) in [5, 5.41) is 11.5. The zero-order chi connectivity index (χ0) is 21.3. The van der Waals surface area contributed by atoms with Crippen LogP contribution in [0.4, 0.5) is 0 Å². The molecule has 1 N–H and O–H groups in total. The molecule has 2 aromatic rings. The number of thiazole rings is 1. The van der Waals surface area contributed by atoms with Gasteiger partial charge in [0, 0.05) is 18.7 Å². The smallest absolute Gasteiger partial charge is 0.290 e. The Labute approximate surface area is 174 Å². The van der Waals surface area contributed by atoms with Crippen molar-refractivity contribution in [2.75, 3.05) is 34.3 Å². The predicted molar refractivity (Wildman–Crippen MR) is 112 cm³/mol. The van der Waals surface area contributed by atoms with E-state index in [1.165, 1.54) is 16.2 Å². The quantitative estimate of drug-likeness (QED) is 0.700. The van der Waals surface area contributed by atoms with Crippen molar-refractivity contribution in [1.29, 1.82) is 0 Å². The monoisotopic (exact) mass is 415 g/mol. The number of ketones is 1. The van der Waals surface area contributed by atoms with E-state index >= 15 is 0 Å². The van der Waals surface area contributed by atoms with E-state index in [-0.39, 0.29) is 11.4 Å². The van der Waals surface area contributed by atoms with Crippen LogP contribution in [-0.2, 0) is 4.79 Å². The average molecular weight is 416 g/mol. The number of methoxy groups -OCH3 is 1. The van der Waals surface area contributed by atoms with Crippen LogP contribution in [0.3, 0.4) is 0 Å². The molecule has 1 amide bonds. The van der Waals surface area contributed by atoms with Crippen LogP contribution in [0.5, 0.6) is 5.75 Å². The molecule has 8 heteroatoms. The first-order valence-electron chi connectivity index (χ1n) is 9.26. The van der Waals surface area contributed by atoms with Crippen molar-refractivity contribution < 1.29 is 19.4 Å². The van der Waals surface area contributed by atoms with E-state index in [4.69, 9.17) is 4.74 Å². The number of ether oxygens (including phenoxy) is 1. The summed E-state index contributed by atoms with van der Waals surface area (Å²) in [6.07, 6.45) is 0. The second kappa shape index (κ2) is 8.34. The Kier molecular flexibility index (Phi) is 6.04. The van der Waals surface area contributed by atoms with Crippen LogP contribution in [0.25, 0.3) is 0 Å². The van der Waals surface area contributed by atoms with E-state index < -0.39 is 17.7 Å². The zero-order valence-corrected chi connectivity index (χ0v) is 18.0. The van der Waals surface area contributed by atoms with Crippen molar-refractivity contribution >= 4 is 23.0 Å². The number of aliphatic hydroxyl groups is 1. The summed E-state index contributed by atoms with van der Waals surface area (Å²) in [6.45, 7) is 4.53. The minimum absolute atomic E-state index is 0.0741. The van der Waals surface area contributed by atoms with Gasteiger partial charge in [0.1, 0.15) is 5.75 Å². The SMILES string of the molecule is COc1ccccc1[C@H]1C(C(=O)c2sc(C)nc2C)=C(O)C(=O)N1CCN(C)C. The van der Waals surface area contributed by atoms with Crippen LogP contribution in [-0.4, -0.2) is 65.9 Å². The van der Waals surface area contributed by atoms with Crippen molar-refractivity contribution in [2.24, 2.45) is 0 Å². The van der Waals surface area contributed by atoms with Crippen LogP contribution < -0.4 is 4.74 Å². The lowest BCUT2D eigenvalue weighted by molar-refractivity contribution is -0.129. The summed E-state index contributed by atoms with van der Waals surface area (Å²) < 4.78 is 5.49. The fourth-order valence-electron chi connectivity index (χ4n) is 3.50. The Morgan fingerprint density at radius 2 is 2.00 bits per heavy atom. The maximum atomic E-state index is 13.4. The number of aromatic nitrogens is 1. The number of hydrogen-bond acceptors (Lipinski definition) is 7. The number of carbonyl (C=O) groups excluding carboxylic acids is 2. The highest BCUT2D eigenvalue weighted by Crippen LogP contribution is 2.42. The molecule has 154 valence electrons. The lowest BCUT2D eigenvalue weighted by Gasteiger charge is -2.28. The molecule has 0 aliphatic carbocycles. The minimum Gasteiger partial charge on any atom is -0.503 e. The summed E-state index contributed by atoms with van der Waals surface area (Å²) in [5.74, 6) is -0.875. The number of amides is 1. The van der Waals surface area contributed by atoms with Gasteiger partial charge in [-0.3, -0.25) is 9.59 Å². The Morgan fingerprint density at radius 1 is 1.31 bits per heavy atom. The molecule has 0 saturated carbocycles. The second-order valence-electron chi connectivity index (χ2n) is 7.19. The molecule has 0 unspecified atom stereocenters. The fraction of sp³-hybridized carbons (Fsp3) is 0.381. The van der Waals surface area contributed by atoms with Crippen LogP contribution in [0.2, 0.25) is 0 Å². The van der Waals surface area contributed by atoms with Gasteiger partial charge in [-0.1, -0.05) is 18.2 Å². The molecule has 2 heterocycles. The number of aryl methyl sites for hydroxylation is 2. The topological polar surface area (TPSA) is 83.0 Å². The molecule has 29 heavy (non-hydrogen) atoms. The van der Waals surface area contributed by atoms with E-state index in [0.717, 1.165) is 5.01 Å². The number of para-hydroxylation sites is 1. The maximum Gasteiger partial charge on any atom is 0.290 e. The minimum atomic E-state index is -0.729. The highest BCUT2D eigenvalue weighted by molar-refractivity contribution is 7.14. The Balaban J connectivity index is 2.14. The molecule has 1 atom stereocenters. The van der Waals surface area contributed by atoms with Gasteiger partial charge in [-0.25, -0.2) is 4.98 Å². The van der Waals surface area contributed by atoms with Gasteiger partial charge in [0.2, 0.25) is 5.78 Å². The lowest BCUT2D eigenvalue weighted by Crippen LogP contribution is -2.36. The number of Topliss-reactive ketones (excluding diaryl/α,β-unsaturated/α-hetero) is 1. The number of carbonyl (C=O) groups is 2. The summed E-state index contributed by atoms with van der Waals surface area (Å²) in [4.78, 5) is 34.6. The van der Waals surface area contributed by atoms with E-state index in [2.05, 4.69) is 4.98 Å². The van der Waals surface area contributed by atoms with Gasteiger partial charge in [-0.05, 0) is 34.0 Å². The first-order valence-corrected chi connectivity index (χ1v) is 10.1. The summed E-state index contributed by atoms with van der Waals surface area (Å²) in [5.41, 5.74) is 1.33. The number of nitrogens with zero attached hydrogens (tertiary/aromatic N) is 3. The number of rotatable bonds is 7. The normalized spacial score (nSPS) is 16.8. The van der Waals surface area contributed by atoms with Gasteiger partial charge in [0.05, 0.1) is 34.3 Å². The molecule has 0 radical (unpaired) electrons. The van der Waals surface area contributed by atoms with Crippen LogP contribution in [0, 0.1) is 13.8 Å². The Bertz CT molecular complexity index is 980. The van der Waals surface area contributed by atoms with E-state index in [1.54, 1.807) is 20.1 Å². The van der Waals surface area contributed by atoms with Crippen molar-refractivity contribution in [3.8, 4) is 5.75 Å². The molecule has 1 aromatic heterocycles. The number of likely N-dealkylation sites (N-methyl/N-ethyl adjacent to an activating group) is 1. The molecule has 1 aliphatic heterocycles. The largest absolute Gasteiger partial charge is 0.503 e. The third-order valence-electron chi connectivity index (χ3n) is 4.88. The standard InChI is InChI=1S/C21H25N3O4S/c1-12-20(29-13(2)22-12)18(25)16-17(14-8-6-7-9-15(14)28-5)24(11-10-23(3)4)21(27)19(16)26/h6-9,17,26H,10-11H2,1-5H3/t17-/m0/s1. The van der Waals surface area contributed by atoms with E-state index in [1.807, 2.05) is 44.1 Å². The van der Waals surface area contributed by atoms with Gasteiger partial charge in [0.25, 0.3) is 5.91 Å². The van der Waals surface area contributed by atoms with E-state index in [0.29, 0.717) is 35.0 Å². The third-order valence-corrected chi connectivity index (χ3v) is 5.95. The first-order chi connectivity index (χ1) is 13.8. The first kappa shape index (κ1) is 21.0. The second-order valence-corrected chi connectivity index (χ2v) is 8.39. The number of hydrogen-bond donors (Lipinski definition) is 1. The fourth-order valence-corrected chi connectivity index (χ4v) is 4.38. The summed E-state index contributed by atoms with van der Waals surface area (Å²) in [7, 11) is 5.35. The number of benzene rings is 1. The van der Waals surface area contributed by atoms with Crippen molar-refractivity contribution in [2.45, 2.75) is 19.9 Å². The summed E-state index contributed by atoms with van der Waals surface area (Å²) >= 11 is 1.26. The van der Waals surface area contributed by atoms with Gasteiger partial charge in [-0.15, -0.1) is 11.3 Å². The van der Waals surface area contributed by atoms with Gasteiger partial charge >= 0.3 is 0 Å². The molecule has 0 fully saturated rings. The van der Waals surface area contributed by atoms with E-state index in [9.17, 15) is 14.7 Å². The van der Waals surface area contributed by atoms with Crippen LogP contribution in [0.15, 0.2) is 35.6 Å². The van der Waals surface area contributed by atoms with Crippen molar-refractivity contribution in [3.05, 3.63) is 56.7 Å². The molecule has 0 bridgehead atoms. The van der Waals surface area contributed by atoms with Gasteiger partial charge in [0.15, 0.2) is 5.76 Å². The molecule has 7 nitrogen and oxygen atoms in total. The maximum absolute atomic E-state index is 13.4. The average Bonchev–Trinajstić information content (AvgIpc) is 3.15. The van der Waals surface area contributed by atoms with Gasteiger partial charge < -0.3 is 19.6 Å². The molecule has 1 aromatic carbocycles. The van der Waals surface area contributed by atoms with Gasteiger partial charge in [-0.2, -0.15) is 0 Å². The predicted octanol–water partition coefficient (Wildman–Crippen LogP) is 2.91. The van der Waals surface area contributed by atoms with Crippen molar-refractivity contribution in [1.82, 2.24) is 14.8 Å². The molecular weight excluding hydrogens is 390 g/mol. The van der Waals surface area contributed by atoms with Crippen LogP contribution >= 0.6 is 11.3 Å².